The van der Waals surface area contributed by atoms with Crippen molar-refractivity contribution >= 4 is 27.5 Å². The van der Waals surface area contributed by atoms with Gasteiger partial charge in [-0.3, -0.25) is 4.79 Å². The molecule has 0 aliphatic rings. The summed E-state index contributed by atoms with van der Waals surface area (Å²) >= 11 is 1.73. The van der Waals surface area contributed by atoms with Crippen LogP contribution in [-0.2, 0) is 0 Å². The molecule has 0 aliphatic heterocycles. The highest BCUT2D eigenvalue weighted by atomic mass is 32.1. The Morgan fingerprint density at radius 2 is 2.00 bits per heavy atom. The van der Waals surface area contributed by atoms with Crippen LogP contribution < -0.4 is 5.32 Å². The fraction of sp³-hybridized carbons (Fsp3) is 0.278. The van der Waals surface area contributed by atoms with E-state index in [-0.39, 0.29) is 11.9 Å². The van der Waals surface area contributed by atoms with E-state index in [0.717, 1.165) is 11.2 Å². The average molecular weight is 312 g/mol. The van der Waals surface area contributed by atoms with Gasteiger partial charge in [-0.1, -0.05) is 30.3 Å². The molecular weight excluding hydrogens is 292 g/mol. The largest absolute Gasteiger partial charge is 0.351 e. The summed E-state index contributed by atoms with van der Waals surface area (Å²) in [6.45, 7) is 6.83. The maximum absolute atomic E-state index is 12.4. The molecule has 3 nitrogen and oxygen atoms in total. The Kier molecular flexibility index (Phi) is 4.03. The predicted octanol–water partition coefficient (Wildman–Crippen LogP) is 4.37. The molecule has 2 aromatic heterocycles. The van der Waals surface area contributed by atoms with Gasteiger partial charge in [0.25, 0.3) is 5.91 Å². The Morgan fingerprint density at radius 1 is 1.27 bits per heavy atom. The number of amides is 1. The quantitative estimate of drug-likeness (QED) is 0.762. The van der Waals surface area contributed by atoms with E-state index in [1.54, 1.807) is 11.3 Å². The zero-order chi connectivity index (χ0) is 15.7. The summed E-state index contributed by atoms with van der Waals surface area (Å²) in [4.78, 5) is 13.7. The number of aryl methyl sites for hydroxylation is 1. The number of carbonyl (C=O) groups excluding carboxylic acids is 1. The molecule has 0 aliphatic carbocycles. The standard InChI is InChI=1S/C18H20N2OS/c1-4-19-18(21)16-11-17-15(10-12(2)22-17)20(16)13(3)14-8-6-5-7-9-14/h5-11,13H,4H2,1-3H3,(H,19,21)/t13-/m1/s1. The maximum Gasteiger partial charge on any atom is 0.267 e. The number of nitrogens with zero attached hydrogens (tertiary/aromatic N) is 1. The minimum Gasteiger partial charge on any atom is -0.351 e. The van der Waals surface area contributed by atoms with Crippen molar-refractivity contribution in [2.45, 2.75) is 26.8 Å². The molecule has 1 amide bonds. The van der Waals surface area contributed by atoms with Crippen LogP contribution in [0.4, 0.5) is 0 Å². The zero-order valence-corrected chi connectivity index (χ0v) is 13.9. The number of fused-ring (bicyclic) bond motifs is 1. The summed E-state index contributed by atoms with van der Waals surface area (Å²) in [5, 5.41) is 2.92. The average Bonchev–Trinajstić information content (AvgIpc) is 3.03. The van der Waals surface area contributed by atoms with Gasteiger partial charge in [-0.15, -0.1) is 11.3 Å². The van der Waals surface area contributed by atoms with Gasteiger partial charge in [-0.25, -0.2) is 0 Å². The number of benzene rings is 1. The van der Waals surface area contributed by atoms with Crippen LogP contribution in [0.3, 0.4) is 0 Å². The number of nitrogens with one attached hydrogen (secondary N) is 1. The molecule has 4 heteroatoms. The summed E-state index contributed by atoms with van der Waals surface area (Å²) < 4.78 is 3.32. The van der Waals surface area contributed by atoms with Crippen LogP contribution in [0.25, 0.3) is 10.2 Å². The molecule has 0 saturated heterocycles. The Bertz CT molecular complexity index is 801. The van der Waals surface area contributed by atoms with Crippen LogP contribution in [0.15, 0.2) is 42.5 Å². The van der Waals surface area contributed by atoms with Gasteiger partial charge in [-0.2, -0.15) is 0 Å². The number of hydrogen-bond acceptors (Lipinski definition) is 2. The van der Waals surface area contributed by atoms with E-state index in [0.29, 0.717) is 6.54 Å². The molecule has 0 unspecified atom stereocenters. The van der Waals surface area contributed by atoms with Crippen molar-refractivity contribution in [2.75, 3.05) is 6.54 Å². The number of rotatable bonds is 4. The van der Waals surface area contributed by atoms with Crippen LogP contribution in [0.5, 0.6) is 0 Å². The molecule has 0 saturated carbocycles. The minimum absolute atomic E-state index is 0.00802. The lowest BCUT2D eigenvalue weighted by Crippen LogP contribution is -2.26. The van der Waals surface area contributed by atoms with E-state index < -0.39 is 0 Å². The van der Waals surface area contributed by atoms with Crippen LogP contribution in [0.2, 0.25) is 0 Å². The van der Waals surface area contributed by atoms with Crippen molar-refractivity contribution in [3.8, 4) is 0 Å². The lowest BCUT2D eigenvalue weighted by atomic mass is 10.1. The Labute approximate surface area is 134 Å². The van der Waals surface area contributed by atoms with Crippen molar-refractivity contribution in [3.63, 3.8) is 0 Å². The van der Waals surface area contributed by atoms with Crippen molar-refractivity contribution < 1.29 is 4.79 Å². The van der Waals surface area contributed by atoms with Gasteiger partial charge in [0.05, 0.1) is 16.3 Å². The van der Waals surface area contributed by atoms with E-state index in [1.807, 2.05) is 31.2 Å². The number of hydrogen-bond donors (Lipinski definition) is 1. The molecule has 22 heavy (non-hydrogen) atoms. The third-order valence-electron chi connectivity index (χ3n) is 3.89. The third kappa shape index (κ3) is 2.55. The Hall–Kier alpha value is -2.07. The van der Waals surface area contributed by atoms with Crippen LogP contribution >= 0.6 is 11.3 Å². The number of carbonyl (C=O) groups is 1. The van der Waals surface area contributed by atoms with Crippen LogP contribution in [0.1, 0.15) is 40.8 Å². The summed E-state index contributed by atoms with van der Waals surface area (Å²) in [6.07, 6.45) is 0. The first-order valence-corrected chi connectivity index (χ1v) is 8.38. The molecule has 2 heterocycles. The van der Waals surface area contributed by atoms with Gasteiger partial charge < -0.3 is 9.88 Å². The van der Waals surface area contributed by atoms with E-state index in [1.165, 1.54) is 15.1 Å². The van der Waals surface area contributed by atoms with Crippen LogP contribution in [0, 0.1) is 6.92 Å². The molecule has 3 rings (SSSR count). The molecule has 0 fully saturated rings. The van der Waals surface area contributed by atoms with Crippen molar-refractivity contribution in [2.24, 2.45) is 0 Å². The van der Waals surface area contributed by atoms with Gasteiger partial charge in [0.1, 0.15) is 5.69 Å². The van der Waals surface area contributed by atoms with E-state index in [9.17, 15) is 4.79 Å². The first kappa shape index (κ1) is 14.9. The summed E-state index contributed by atoms with van der Waals surface area (Å²) in [7, 11) is 0. The fourth-order valence-electron chi connectivity index (χ4n) is 2.86. The van der Waals surface area contributed by atoms with Gasteiger partial charge in [0.15, 0.2) is 0 Å². The molecule has 1 aromatic carbocycles. The Balaban J connectivity index is 2.16. The maximum atomic E-state index is 12.4. The monoisotopic (exact) mass is 312 g/mol. The van der Waals surface area contributed by atoms with Gasteiger partial charge in [0, 0.05) is 11.4 Å². The highest BCUT2D eigenvalue weighted by Crippen LogP contribution is 2.33. The molecule has 1 N–H and O–H groups in total. The van der Waals surface area contributed by atoms with Gasteiger partial charge >= 0.3 is 0 Å². The van der Waals surface area contributed by atoms with Crippen molar-refractivity contribution in [3.05, 3.63) is 58.6 Å². The van der Waals surface area contributed by atoms with E-state index in [2.05, 4.69) is 41.9 Å². The molecule has 114 valence electrons. The zero-order valence-electron chi connectivity index (χ0n) is 13.1. The lowest BCUT2D eigenvalue weighted by molar-refractivity contribution is 0.0946. The first-order valence-electron chi connectivity index (χ1n) is 7.56. The highest BCUT2D eigenvalue weighted by molar-refractivity contribution is 7.19. The van der Waals surface area contributed by atoms with E-state index in [4.69, 9.17) is 0 Å². The Morgan fingerprint density at radius 3 is 2.68 bits per heavy atom. The molecular formula is C18H20N2OS. The van der Waals surface area contributed by atoms with Gasteiger partial charge in [-0.05, 0) is 38.5 Å². The van der Waals surface area contributed by atoms with Crippen LogP contribution in [-0.4, -0.2) is 17.0 Å². The normalized spacial score (nSPS) is 12.5. The topological polar surface area (TPSA) is 34.0 Å². The molecule has 0 radical (unpaired) electrons. The smallest absolute Gasteiger partial charge is 0.267 e. The molecule has 0 spiro atoms. The molecule has 1 atom stereocenters. The summed E-state index contributed by atoms with van der Waals surface area (Å²) in [6, 6.07) is 14.6. The second-order valence-corrected chi connectivity index (χ2v) is 6.74. The van der Waals surface area contributed by atoms with E-state index >= 15 is 0 Å². The second-order valence-electron chi connectivity index (χ2n) is 5.45. The minimum atomic E-state index is -0.00802. The number of thiophene rings is 1. The molecule has 3 aromatic rings. The lowest BCUT2D eigenvalue weighted by Gasteiger charge is -2.18. The second kappa shape index (κ2) is 5.97. The van der Waals surface area contributed by atoms with Crippen molar-refractivity contribution in [1.29, 1.82) is 0 Å². The predicted molar refractivity (Wildman–Crippen MR) is 92.8 cm³/mol. The number of aromatic nitrogens is 1. The highest BCUT2D eigenvalue weighted by Gasteiger charge is 2.21. The third-order valence-corrected chi connectivity index (χ3v) is 4.88. The summed E-state index contributed by atoms with van der Waals surface area (Å²) in [5.41, 5.74) is 3.08. The van der Waals surface area contributed by atoms with Crippen molar-refractivity contribution in [1.82, 2.24) is 9.88 Å². The summed E-state index contributed by atoms with van der Waals surface area (Å²) in [5.74, 6) is -0.00802. The SMILES string of the molecule is CCNC(=O)c1cc2sc(C)cc2n1[C@H](C)c1ccccc1. The molecule has 0 bridgehead atoms. The first-order chi connectivity index (χ1) is 10.6. The van der Waals surface area contributed by atoms with Gasteiger partial charge in [0.2, 0.25) is 0 Å². The fourth-order valence-corrected chi connectivity index (χ4v) is 3.81.